The zero-order valence-electron chi connectivity index (χ0n) is 13.3. The maximum atomic E-state index is 4.59. The number of hydrogen-bond acceptors (Lipinski definition) is 3. The third-order valence-electron chi connectivity index (χ3n) is 5.57. The maximum absolute atomic E-state index is 4.59. The van der Waals surface area contributed by atoms with Gasteiger partial charge in [0.25, 0.3) is 0 Å². The van der Waals surface area contributed by atoms with E-state index in [-0.39, 0.29) is 0 Å². The van der Waals surface area contributed by atoms with Crippen LogP contribution in [-0.4, -0.2) is 16.5 Å². The molecular weight excluding hydrogens is 258 g/mol. The van der Waals surface area contributed by atoms with Gasteiger partial charge >= 0.3 is 0 Å². The van der Waals surface area contributed by atoms with Gasteiger partial charge in [-0.15, -0.1) is 0 Å². The molecule has 1 aromatic rings. The molecule has 0 aliphatic heterocycles. The summed E-state index contributed by atoms with van der Waals surface area (Å²) in [5, 5.41) is 3.75. The molecule has 4 atom stereocenters. The van der Waals surface area contributed by atoms with Crippen LogP contribution in [-0.2, 0) is 0 Å². The lowest BCUT2D eigenvalue weighted by Crippen LogP contribution is -2.36. The van der Waals surface area contributed by atoms with E-state index in [2.05, 4.69) is 22.2 Å². The van der Waals surface area contributed by atoms with Crippen LogP contribution in [0.4, 0.5) is 0 Å². The molecule has 4 unspecified atom stereocenters. The third kappa shape index (κ3) is 3.63. The van der Waals surface area contributed by atoms with Crippen LogP contribution in [0.25, 0.3) is 0 Å². The molecule has 0 spiro atoms. The first-order valence-electron chi connectivity index (χ1n) is 8.87. The second-order valence-corrected chi connectivity index (χ2v) is 6.94. The summed E-state index contributed by atoms with van der Waals surface area (Å²) in [7, 11) is 0. The molecule has 1 aromatic heterocycles. The first-order chi connectivity index (χ1) is 10.4. The van der Waals surface area contributed by atoms with Gasteiger partial charge in [-0.05, 0) is 50.0 Å². The van der Waals surface area contributed by atoms with E-state index < -0.39 is 0 Å². The summed E-state index contributed by atoms with van der Waals surface area (Å²) in [4.78, 5) is 8.87. The highest BCUT2D eigenvalue weighted by molar-refractivity contribution is 5.05. The van der Waals surface area contributed by atoms with Gasteiger partial charge in [-0.3, -0.25) is 9.97 Å². The van der Waals surface area contributed by atoms with E-state index in [4.69, 9.17) is 0 Å². The van der Waals surface area contributed by atoms with Crippen molar-refractivity contribution in [1.82, 2.24) is 15.3 Å². The van der Waals surface area contributed by atoms with Crippen molar-refractivity contribution >= 4 is 0 Å². The van der Waals surface area contributed by atoms with Gasteiger partial charge in [-0.1, -0.05) is 32.6 Å². The first kappa shape index (κ1) is 15.0. The van der Waals surface area contributed by atoms with E-state index in [0.29, 0.717) is 6.04 Å². The van der Waals surface area contributed by atoms with Crippen LogP contribution >= 0.6 is 0 Å². The minimum Gasteiger partial charge on any atom is -0.308 e. The fourth-order valence-electron chi connectivity index (χ4n) is 4.50. The fraction of sp³-hybridized carbons (Fsp3) is 0.778. The molecule has 2 fully saturated rings. The Morgan fingerprint density at radius 2 is 2.00 bits per heavy atom. The van der Waals surface area contributed by atoms with Crippen molar-refractivity contribution in [3.05, 3.63) is 24.3 Å². The zero-order chi connectivity index (χ0) is 14.5. The monoisotopic (exact) mass is 287 g/mol. The summed E-state index contributed by atoms with van der Waals surface area (Å²) in [5.41, 5.74) is 1.14. The van der Waals surface area contributed by atoms with Gasteiger partial charge in [0.05, 0.1) is 11.7 Å². The van der Waals surface area contributed by atoms with Crippen LogP contribution in [0.1, 0.15) is 70.0 Å². The highest BCUT2D eigenvalue weighted by atomic mass is 15.0. The fourth-order valence-corrected chi connectivity index (χ4v) is 4.50. The van der Waals surface area contributed by atoms with E-state index in [0.717, 1.165) is 30.0 Å². The molecule has 0 radical (unpaired) electrons. The van der Waals surface area contributed by atoms with Gasteiger partial charge in [0.2, 0.25) is 0 Å². The first-order valence-corrected chi connectivity index (χ1v) is 8.87. The van der Waals surface area contributed by atoms with Crippen LogP contribution in [0.5, 0.6) is 0 Å². The molecule has 0 saturated heterocycles. The van der Waals surface area contributed by atoms with E-state index in [1.165, 1.54) is 51.4 Å². The summed E-state index contributed by atoms with van der Waals surface area (Å²) >= 11 is 0. The minimum absolute atomic E-state index is 0.404. The summed E-state index contributed by atoms with van der Waals surface area (Å²) in [6.07, 6.45) is 16.8. The van der Waals surface area contributed by atoms with Crippen LogP contribution in [0.15, 0.2) is 18.6 Å². The molecule has 1 N–H and O–H groups in total. The Labute approximate surface area is 129 Å². The molecule has 1 heterocycles. The number of nitrogens with zero attached hydrogens (tertiary/aromatic N) is 2. The van der Waals surface area contributed by atoms with Crippen LogP contribution in [0.3, 0.4) is 0 Å². The number of hydrogen-bond donors (Lipinski definition) is 1. The van der Waals surface area contributed by atoms with Gasteiger partial charge in [-0.2, -0.15) is 0 Å². The summed E-state index contributed by atoms with van der Waals surface area (Å²) < 4.78 is 0. The molecule has 3 rings (SSSR count). The SMILES string of the molecule is CCCNC(c1cnccn1)C1CCC2CCCCC2C1. The number of fused-ring (bicyclic) bond motifs is 1. The molecule has 21 heavy (non-hydrogen) atoms. The Balaban J connectivity index is 1.70. The summed E-state index contributed by atoms with van der Waals surface area (Å²) in [5.74, 6) is 2.73. The lowest BCUT2D eigenvalue weighted by Gasteiger charge is -2.42. The van der Waals surface area contributed by atoms with Gasteiger partial charge in [0, 0.05) is 18.6 Å². The van der Waals surface area contributed by atoms with Crippen LogP contribution < -0.4 is 5.32 Å². The number of aromatic nitrogens is 2. The van der Waals surface area contributed by atoms with Crippen molar-refractivity contribution < 1.29 is 0 Å². The standard InChI is InChI=1S/C18H29N3/c1-2-9-21-18(17-13-19-10-11-20-17)16-8-7-14-5-3-4-6-15(14)12-16/h10-11,13-16,18,21H,2-9,12H2,1H3. The lowest BCUT2D eigenvalue weighted by atomic mass is 9.66. The Morgan fingerprint density at radius 1 is 1.14 bits per heavy atom. The Morgan fingerprint density at radius 3 is 2.76 bits per heavy atom. The Bertz CT molecular complexity index is 420. The molecule has 2 aliphatic carbocycles. The minimum atomic E-state index is 0.404. The molecule has 116 valence electrons. The van der Waals surface area contributed by atoms with Crippen molar-refractivity contribution in [1.29, 1.82) is 0 Å². The largest absolute Gasteiger partial charge is 0.308 e. The normalized spacial score (nSPS) is 30.6. The molecular formula is C18H29N3. The Hall–Kier alpha value is -0.960. The van der Waals surface area contributed by atoms with Gasteiger partial charge < -0.3 is 5.32 Å². The summed E-state index contributed by atoms with van der Waals surface area (Å²) in [6, 6.07) is 0.404. The quantitative estimate of drug-likeness (QED) is 0.885. The lowest BCUT2D eigenvalue weighted by molar-refractivity contribution is 0.108. The number of rotatable bonds is 5. The van der Waals surface area contributed by atoms with Gasteiger partial charge in [-0.25, -0.2) is 0 Å². The average molecular weight is 287 g/mol. The van der Waals surface area contributed by atoms with Gasteiger partial charge in [0.1, 0.15) is 0 Å². The highest BCUT2D eigenvalue weighted by Gasteiger charge is 2.36. The van der Waals surface area contributed by atoms with E-state index in [1.54, 1.807) is 6.20 Å². The average Bonchev–Trinajstić information content (AvgIpc) is 2.56. The molecule has 0 amide bonds. The predicted molar refractivity (Wildman–Crippen MR) is 85.9 cm³/mol. The second kappa shape index (κ2) is 7.35. The van der Waals surface area contributed by atoms with Crippen molar-refractivity contribution in [3.63, 3.8) is 0 Å². The number of nitrogens with one attached hydrogen (secondary N) is 1. The molecule has 0 aromatic carbocycles. The van der Waals surface area contributed by atoms with Crippen LogP contribution in [0, 0.1) is 17.8 Å². The summed E-state index contributed by atoms with van der Waals surface area (Å²) in [6.45, 7) is 3.31. The van der Waals surface area contributed by atoms with E-state index in [9.17, 15) is 0 Å². The zero-order valence-corrected chi connectivity index (χ0v) is 13.3. The van der Waals surface area contributed by atoms with Crippen molar-refractivity contribution in [2.75, 3.05) is 6.54 Å². The van der Waals surface area contributed by atoms with Gasteiger partial charge in [0.15, 0.2) is 0 Å². The predicted octanol–water partition coefficient (Wildman–Crippen LogP) is 4.12. The Kier molecular flexibility index (Phi) is 5.23. The maximum Gasteiger partial charge on any atom is 0.0758 e. The van der Waals surface area contributed by atoms with Crippen molar-refractivity contribution in [2.45, 2.75) is 64.3 Å². The topological polar surface area (TPSA) is 37.8 Å². The molecule has 0 bridgehead atoms. The molecule has 3 nitrogen and oxygen atoms in total. The third-order valence-corrected chi connectivity index (χ3v) is 5.57. The highest BCUT2D eigenvalue weighted by Crippen LogP contribution is 2.45. The molecule has 3 heteroatoms. The van der Waals surface area contributed by atoms with Crippen LogP contribution in [0.2, 0.25) is 0 Å². The molecule has 2 aliphatic rings. The van der Waals surface area contributed by atoms with E-state index in [1.807, 2.05) is 12.4 Å². The second-order valence-electron chi connectivity index (χ2n) is 6.94. The van der Waals surface area contributed by atoms with E-state index >= 15 is 0 Å². The van der Waals surface area contributed by atoms with Crippen molar-refractivity contribution in [2.24, 2.45) is 17.8 Å². The van der Waals surface area contributed by atoms with Crippen molar-refractivity contribution in [3.8, 4) is 0 Å². The molecule has 2 saturated carbocycles. The smallest absolute Gasteiger partial charge is 0.0758 e.